The van der Waals surface area contributed by atoms with E-state index in [9.17, 15) is 14.7 Å². The Morgan fingerprint density at radius 3 is 2.50 bits per heavy atom. The van der Waals surface area contributed by atoms with Gasteiger partial charge in [-0.2, -0.15) is 0 Å². The fourth-order valence-electron chi connectivity index (χ4n) is 2.14. The van der Waals surface area contributed by atoms with Crippen LogP contribution in [0.2, 0.25) is 0 Å². The third-order valence-corrected chi connectivity index (χ3v) is 3.16. The number of carbonyl (C=O) groups excluding carboxylic acids is 1. The molecule has 0 bridgehead atoms. The van der Waals surface area contributed by atoms with Gasteiger partial charge in [0, 0.05) is 0 Å². The molecule has 4 heteroatoms. The van der Waals surface area contributed by atoms with E-state index in [1.165, 1.54) is 18.4 Å². The maximum absolute atomic E-state index is 12.5. The Kier molecular flexibility index (Phi) is 2.84. The lowest BCUT2D eigenvalue weighted by Gasteiger charge is -2.05. The van der Waals surface area contributed by atoms with Crippen molar-refractivity contribution in [3.8, 4) is 16.9 Å². The Labute approximate surface area is 113 Å². The molecule has 0 fully saturated rings. The molecule has 98 valence electrons. The molecular weight excluding hydrogens is 256 g/mol. The predicted molar refractivity (Wildman–Crippen MR) is 75.0 cm³/mol. The van der Waals surface area contributed by atoms with Gasteiger partial charge in [-0.25, -0.2) is 0 Å². The highest BCUT2D eigenvalue weighted by Crippen LogP contribution is 2.26. The average Bonchev–Trinajstić information content (AvgIpc) is 2.48. The molecule has 0 aliphatic rings. The number of phenolic OH excluding ortho intramolecular Hbond substituents is 1. The van der Waals surface area contributed by atoms with E-state index < -0.39 is 0 Å². The number of benzene rings is 2. The van der Waals surface area contributed by atoms with Crippen LogP contribution in [-0.2, 0) is 0 Å². The molecule has 1 heterocycles. The summed E-state index contributed by atoms with van der Waals surface area (Å²) in [5.41, 5.74) is 1.01. The number of aromatic hydroxyl groups is 1. The molecule has 1 N–H and O–H groups in total. The van der Waals surface area contributed by atoms with Crippen LogP contribution in [0.15, 0.2) is 57.9 Å². The zero-order valence-corrected chi connectivity index (χ0v) is 10.4. The first-order chi connectivity index (χ1) is 9.72. The fourth-order valence-corrected chi connectivity index (χ4v) is 2.14. The van der Waals surface area contributed by atoms with Crippen LogP contribution >= 0.6 is 0 Å². The van der Waals surface area contributed by atoms with E-state index in [0.717, 1.165) is 5.56 Å². The molecule has 4 nitrogen and oxygen atoms in total. The Morgan fingerprint density at radius 2 is 1.80 bits per heavy atom. The number of phenols is 1. The second-order valence-electron chi connectivity index (χ2n) is 4.34. The van der Waals surface area contributed by atoms with Crippen LogP contribution in [0, 0.1) is 0 Å². The molecular formula is C16H10O4. The predicted octanol–water partition coefficient (Wildman–Crippen LogP) is 2.98. The quantitative estimate of drug-likeness (QED) is 0.724. The highest BCUT2D eigenvalue weighted by atomic mass is 16.3. The highest BCUT2D eigenvalue weighted by Gasteiger charge is 2.14. The molecule has 0 saturated heterocycles. The lowest BCUT2D eigenvalue weighted by molar-refractivity contribution is 0.112. The molecule has 0 spiro atoms. The van der Waals surface area contributed by atoms with Crippen molar-refractivity contribution in [2.45, 2.75) is 0 Å². The number of aldehydes is 1. The third-order valence-electron chi connectivity index (χ3n) is 3.16. The number of rotatable bonds is 2. The summed E-state index contributed by atoms with van der Waals surface area (Å²) >= 11 is 0. The summed E-state index contributed by atoms with van der Waals surface area (Å²) in [6, 6.07) is 11.9. The van der Waals surface area contributed by atoms with Gasteiger partial charge < -0.3 is 9.52 Å². The summed E-state index contributed by atoms with van der Waals surface area (Å²) < 4.78 is 5.39. The standard InChI is InChI=1S/C16H10O4/c17-8-12-14(18)7-6-11-15(19)13(9-20-16(11)12)10-4-2-1-3-5-10/h1-9,18H. The van der Waals surface area contributed by atoms with Crippen LogP contribution < -0.4 is 5.43 Å². The molecule has 20 heavy (non-hydrogen) atoms. The number of fused-ring (bicyclic) bond motifs is 1. The largest absolute Gasteiger partial charge is 0.507 e. The molecule has 0 radical (unpaired) electrons. The zero-order valence-electron chi connectivity index (χ0n) is 10.4. The van der Waals surface area contributed by atoms with Crippen molar-refractivity contribution in [3.63, 3.8) is 0 Å². The SMILES string of the molecule is O=Cc1c(O)ccc2c(=O)c(-c3ccccc3)coc12. The van der Waals surface area contributed by atoms with Gasteiger partial charge in [-0.3, -0.25) is 9.59 Å². The van der Waals surface area contributed by atoms with Crippen LogP contribution in [0.1, 0.15) is 10.4 Å². The van der Waals surface area contributed by atoms with Crippen molar-refractivity contribution in [3.05, 3.63) is 64.5 Å². The second kappa shape index (κ2) is 4.66. The monoisotopic (exact) mass is 266 g/mol. The summed E-state index contributed by atoms with van der Waals surface area (Å²) in [4.78, 5) is 23.4. The normalized spacial score (nSPS) is 10.6. The molecule has 3 aromatic rings. The molecule has 0 aliphatic heterocycles. The van der Waals surface area contributed by atoms with Crippen molar-refractivity contribution in [1.82, 2.24) is 0 Å². The lowest BCUT2D eigenvalue weighted by atomic mass is 10.0. The molecule has 0 saturated carbocycles. The van der Waals surface area contributed by atoms with E-state index in [-0.39, 0.29) is 27.7 Å². The van der Waals surface area contributed by atoms with Crippen molar-refractivity contribution < 1.29 is 14.3 Å². The van der Waals surface area contributed by atoms with E-state index in [1.807, 2.05) is 18.2 Å². The minimum absolute atomic E-state index is 0.0146. The summed E-state index contributed by atoms with van der Waals surface area (Å²) in [6.45, 7) is 0. The van der Waals surface area contributed by atoms with Crippen LogP contribution in [0.3, 0.4) is 0 Å². The van der Waals surface area contributed by atoms with E-state index in [1.54, 1.807) is 12.1 Å². The first kappa shape index (κ1) is 12.2. The summed E-state index contributed by atoms with van der Waals surface area (Å²) in [6.07, 6.45) is 1.79. The maximum Gasteiger partial charge on any atom is 0.200 e. The summed E-state index contributed by atoms with van der Waals surface area (Å²) in [7, 11) is 0. The van der Waals surface area contributed by atoms with Crippen LogP contribution in [0.4, 0.5) is 0 Å². The molecule has 0 amide bonds. The fraction of sp³-hybridized carbons (Fsp3) is 0. The Hall–Kier alpha value is -2.88. The van der Waals surface area contributed by atoms with Crippen LogP contribution in [0.25, 0.3) is 22.1 Å². The van der Waals surface area contributed by atoms with Gasteiger partial charge in [-0.05, 0) is 17.7 Å². The van der Waals surface area contributed by atoms with Gasteiger partial charge in [0.05, 0.1) is 16.5 Å². The van der Waals surface area contributed by atoms with Crippen molar-refractivity contribution >= 4 is 17.3 Å². The second-order valence-corrected chi connectivity index (χ2v) is 4.34. The smallest absolute Gasteiger partial charge is 0.200 e. The van der Waals surface area contributed by atoms with Crippen molar-refractivity contribution in [2.75, 3.05) is 0 Å². The zero-order chi connectivity index (χ0) is 14.1. The first-order valence-electron chi connectivity index (χ1n) is 6.00. The molecule has 0 atom stereocenters. The lowest BCUT2D eigenvalue weighted by Crippen LogP contribution is -2.05. The van der Waals surface area contributed by atoms with Crippen LogP contribution in [-0.4, -0.2) is 11.4 Å². The van der Waals surface area contributed by atoms with E-state index in [0.29, 0.717) is 11.8 Å². The minimum atomic E-state index is -0.236. The van der Waals surface area contributed by atoms with Gasteiger partial charge >= 0.3 is 0 Å². The molecule has 0 aliphatic carbocycles. The topological polar surface area (TPSA) is 67.5 Å². The van der Waals surface area contributed by atoms with Gasteiger partial charge in [0.2, 0.25) is 5.43 Å². The summed E-state index contributed by atoms with van der Waals surface area (Å²) in [5, 5.41) is 9.86. The molecule has 0 unspecified atom stereocenters. The van der Waals surface area contributed by atoms with Gasteiger partial charge in [-0.1, -0.05) is 30.3 Å². The van der Waals surface area contributed by atoms with E-state index >= 15 is 0 Å². The molecule has 3 rings (SSSR count). The van der Waals surface area contributed by atoms with Crippen LogP contribution in [0.5, 0.6) is 5.75 Å². The van der Waals surface area contributed by atoms with Gasteiger partial charge in [0.1, 0.15) is 12.0 Å². The van der Waals surface area contributed by atoms with Gasteiger partial charge in [0.25, 0.3) is 0 Å². The third kappa shape index (κ3) is 1.78. The van der Waals surface area contributed by atoms with Crippen molar-refractivity contribution in [1.29, 1.82) is 0 Å². The van der Waals surface area contributed by atoms with E-state index in [4.69, 9.17) is 4.42 Å². The maximum atomic E-state index is 12.5. The summed E-state index contributed by atoms with van der Waals surface area (Å²) in [5.74, 6) is -0.205. The number of hydrogen-bond donors (Lipinski definition) is 1. The van der Waals surface area contributed by atoms with E-state index in [2.05, 4.69) is 0 Å². The highest BCUT2D eigenvalue weighted by molar-refractivity contribution is 5.98. The minimum Gasteiger partial charge on any atom is -0.507 e. The average molecular weight is 266 g/mol. The Morgan fingerprint density at radius 1 is 1.05 bits per heavy atom. The Bertz CT molecular complexity index is 847. The number of carbonyl (C=O) groups is 1. The number of hydrogen-bond acceptors (Lipinski definition) is 4. The molecule has 1 aromatic heterocycles. The van der Waals surface area contributed by atoms with Gasteiger partial charge in [0.15, 0.2) is 11.9 Å². The van der Waals surface area contributed by atoms with Crippen molar-refractivity contribution in [2.24, 2.45) is 0 Å². The van der Waals surface area contributed by atoms with Gasteiger partial charge in [-0.15, -0.1) is 0 Å². The molecule has 2 aromatic carbocycles. The Balaban J connectivity index is 2.36. The first-order valence-corrected chi connectivity index (χ1v) is 6.00.